The third-order valence-corrected chi connectivity index (χ3v) is 6.41. The zero-order chi connectivity index (χ0) is 26.2. The van der Waals surface area contributed by atoms with E-state index in [2.05, 4.69) is 0 Å². The molecule has 4 aromatic carbocycles. The molecular formula is C32H22O6. The number of carbonyl (C=O) groups is 1. The van der Waals surface area contributed by atoms with Crippen molar-refractivity contribution in [2.24, 2.45) is 0 Å². The molecule has 0 atom stereocenters. The van der Waals surface area contributed by atoms with Gasteiger partial charge in [-0.25, -0.2) is 9.59 Å². The second-order valence-corrected chi connectivity index (χ2v) is 8.93. The predicted octanol–water partition coefficient (Wildman–Crippen LogP) is 7.41. The molecule has 0 aliphatic heterocycles. The highest BCUT2D eigenvalue weighted by Crippen LogP contribution is 2.40. The topological polar surface area (TPSA) is 78.9 Å². The van der Waals surface area contributed by atoms with Crippen LogP contribution in [0.4, 0.5) is 0 Å². The third kappa shape index (κ3) is 4.22. The standard InChI is InChI=1S/C32H22O6/c1-19-11-13-21(14-12-19)32(34)38-28-17-24-25(27-15-22-9-6-10-26(35-2)31(22)37-27)18-30(33)36-29(24)16-23(28)20-7-4-3-5-8-20/h3-18H,1-2H3. The highest BCUT2D eigenvalue weighted by molar-refractivity contribution is 6.00. The fourth-order valence-corrected chi connectivity index (χ4v) is 4.50. The first-order valence-electron chi connectivity index (χ1n) is 12.0. The second kappa shape index (κ2) is 9.41. The molecule has 0 fully saturated rings. The lowest BCUT2D eigenvalue weighted by molar-refractivity contribution is 0.0735. The summed E-state index contributed by atoms with van der Waals surface area (Å²) in [7, 11) is 1.57. The highest BCUT2D eigenvalue weighted by atomic mass is 16.5. The number of esters is 1. The lowest BCUT2D eigenvalue weighted by Crippen LogP contribution is -2.09. The van der Waals surface area contributed by atoms with Crippen LogP contribution in [0, 0.1) is 6.92 Å². The first-order valence-corrected chi connectivity index (χ1v) is 12.0. The Hall–Kier alpha value is -5.10. The van der Waals surface area contributed by atoms with E-state index in [9.17, 15) is 9.59 Å². The molecule has 0 radical (unpaired) electrons. The summed E-state index contributed by atoms with van der Waals surface area (Å²) in [5.41, 5.74) is 3.79. The van der Waals surface area contributed by atoms with Gasteiger partial charge in [-0.3, -0.25) is 0 Å². The van der Waals surface area contributed by atoms with Crippen LogP contribution < -0.4 is 15.1 Å². The molecule has 6 aromatic rings. The van der Waals surface area contributed by atoms with Gasteiger partial charge in [-0.1, -0.05) is 60.2 Å². The Morgan fingerprint density at radius 3 is 2.32 bits per heavy atom. The van der Waals surface area contributed by atoms with E-state index in [0.29, 0.717) is 50.5 Å². The van der Waals surface area contributed by atoms with E-state index in [1.54, 1.807) is 31.4 Å². The average Bonchev–Trinajstić information content (AvgIpc) is 3.38. The summed E-state index contributed by atoms with van der Waals surface area (Å²) in [5, 5.41) is 1.39. The van der Waals surface area contributed by atoms with E-state index >= 15 is 0 Å². The van der Waals surface area contributed by atoms with Gasteiger partial charge >= 0.3 is 11.6 Å². The van der Waals surface area contributed by atoms with Crippen LogP contribution in [-0.4, -0.2) is 13.1 Å². The molecule has 0 unspecified atom stereocenters. The number of para-hydroxylation sites is 1. The van der Waals surface area contributed by atoms with Crippen LogP contribution in [0.5, 0.6) is 11.5 Å². The summed E-state index contributed by atoms with van der Waals surface area (Å²) in [6.07, 6.45) is 0. The maximum atomic E-state index is 13.1. The number of ether oxygens (including phenoxy) is 2. The van der Waals surface area contributed by atoms with E-state index in [1.165, 1.54) is 6.07 Å². The summed E-state index contributed by atoms with van der Waals surface area (Å²) in [5.74, 6) is 0.887. The molecule has 186 valence electrons. The normalized spacial score (nSPS) is 11.1. The van der Waals surface area contributed by atoms with Crippen LogP contribution in [0.3, 0.4) is 0 Å². The molecule has 0 aliphatic rings. The molecule has 0 saturated heterocycles. The highest BCUT2D eigenvalue weighted by Gasteiger charge is 2.20. The third-order valence-electron chi connectivity index (χ3n) is 6.41. The minimum absolute atomic E-state index is 0.332. The van der Waals surface area contributed by atoms with Crippen LogP contribution >= 0.6 is 0 Å². The van der Waals surface area contributed by atoms with Gasteiger partial charge in [0.1, 0.15) is 17.1 Å². The summed E-state index contributed by atoms with van der Waals surface area (Å²) >= 11 is 0. The summed E-state index contributed by atoms with van der Waals surface area (Å²) in [6.45, 7) is 1.95. The molecular weight excluding hydrogens is 480 g/mol. The van der Waals surface area contributed by atoms with Crippen molar-refractivity contribution in [2.75, 3.05) is 7.11 Å². The Morgan fingerprint density at radius 1 is 0.763 bits per heavy atom. The van der Waals surface area contributed by atoms with Crippen LogP contribution in [0.15, 0.2) is 111 Å². The zero-order valence-corrected chi connectivity index (χ0v) is 20.7. The molecule has 38 heavy (non-hydrogen) atoms. The summed E-state index contributed by atoms with van der Waals surface area (Å²) in [4.78, 5) is 25.7. The van der Waals surface area contributed by atoms with Crippen LogP contribution in [0.25, 0.3) is 44.4 Å². The van der Waals surface area contributed by atoms with Gasteiger partial charge in [-0.05, 0) is 48.9 Å². The average molecular weight is 503 g/mol. The smallest absolute Gasteiger partial charge is 0.343 e. The maximum Gasteiger partial charge on any atom is 0.343 e. The molecule has 0 N–H and O–H groups in total. The summed E-state index contributed by atoms with van der Waals surface area (Å²) < 4.78 is 23.1. The monoisotopic (exact) mass is 502 g/mol. The number of carbonyl (C=O) groups excluding carboxylic acids is 1. The molecule has 6 rings (SSSR count). The first-order chi connectivity index (χ1) is 18.5. The molecule has 6 heteroatoms. The largest absolute Gasteiger partial charge is 0.493 e. The van der Waals surface area contributed by atoms with E-state index in [-0.39, 0.29) is 0 Å². The Balaban J connectivity index is 1.56. The number of hydrogen-bond donors (Lipinski definition) is 0. The number of hydrogen-bond acceptors (Lipinski definition) is 6. The van der Waals surface area contributed by atoms with Crippen molar-refractivity contribution in [3.05, 3.63) is 119 Å². The van der Waals surface area contributed by atoms with Gasteiger partial charge in [0.25, 0.3) is 0 Å². The predicted molar refractivity (Wildman–Crippen MR) is 146 cm³/mol. The van der Waals surface area contributed by atoms with Crippen molar-refractivity contribution in [1.82, 2.24) is 0 Å². The molecule has 0 bridgehead atoms. The number of aryl methyl sites for hydroxylation is 1. The maximum absolute atomic E-state index is 13.1. The number of benzene rings is 4. The van der Waals surface area contributed by atoms with E-state index < -0.39 is 11.6 Å². The lowest BCUT2D eigenvalue weighted by atomic mass is 10.00. The fourth-order valence-electron chi connectivity index (χ4n) is 4.50. The van der Waals surface area contributed by atoms with Crippen molar-refractivity contribution < 1.29 is 23.1 Å². The Kier molecular flexibility index (Phi) is 5.77. The summed E-state index contributed by atoms with van der Waals surface area (Å²) in [6, 6.07) is 28.9. The van der Waals surface area contributed by atoms with Gasteiger partial charge in [-0.2, -0.15) is 0 Å². The number of fused-ring (bicyclic) bond motifs is 2. The van der Waals surface area contributed by atoms with Crippen LogP contribution in [0.2, 0.25) is 0 Å². The van der Waals surface area contributed by atoms with Crippen molar-refractivity contribution in [3.8, 4) is 33.9 Å². The molecule has 2 heterocycles. The molecule has 0 spiro atoms. The molecule has 6 nitrogen and oxygen atoms in total. The Morgan fingerprint density at radius 2 is 1.55 bits per heavy atom. The van der Waals surface area contributed by atoms with Crippen LogP contribution in [0.1, 0.15) is 15.9 Å². The number of furan rings is 1. The van der Waals surface area contributed by atoms with Crippen molar-refractivity contribution >= 4 is 27.9 Å². The van der Waals surface area contributed by atoms with Crippen molar-refractivity contribution in [2.45, 2.75) is 6.92 Å². The Labute approximate surface area is 217 Å². The van der Waals surface area contributed by atoms with Gasteiger partial charge in [0.05, 0.1) is 12.7 Å². The molecule has 0 saturated carbocycles. The molecule has 2 aromatic heterocycles. The number of methoxy groups -OCH3 is 1. The Bertz CT molecular complexity index is 1860. The molecule has 0 aliphatic carbocycles. The van der Waals surface area contributed by atoms with Gasteiger partial charge in [-0.15, -0.1) is 0 Å². The van der Waals surface area contributed by atoms with Gasteiger partial charge in [0.2, 0.25) is 0 Å². The lowest BCUT2D eigenvalue weighted by Gasteiger charge is -2.13. The minimum Gasteiger partial charge on any atom is -0.493 e. The van der Waals surface area contributed by atoms with Gasteiger partial charge < -0.3 is 18.3 Å². The SMILES string of the molecule is COc1cccc2cc(-c3cc(=O)oc4cc(-c5ccccc5)c(OC(=O)c5ccc(C)cc5)cc34)oc12. The molecule has 0 amide bonds. The van der Waals surface area contributed by atoms with E-state index in [1.807, 2.05) is 73.7 Å². The quantitative estimate of drug-likeness (QED) is 0.139. The van der Waals surface area contributed by atoms with Gasteiger partial charge in [0.15, 0.2) is 11.3 Å². The van der Waals surface area contributed by atoms with Crippen molar-refractivity contribution in [1.29, 1.82) is 0 Å². The van der Waals surface area contributed by atoms with E-state index in [0.717, 1.165) is 16.5 Å². The minimum atomic E-state index is -0.525. The fraction of sp³-hybridized carbons (Fsp3) is 0.0625. The van der Waals surface area contributed by atoms with E-state index in [4.69, 9.17) is 18.3 Å². The zero-order valence-electron chi connectivity index (χ0n) is 20.7. The van der Waals surface area contributed by atoms with Crippen LogP contribution in [-0.2, 0) is 0 Å². The number of rotatable bonds is 5. The van der Waals surface area contributed by atoms with Crippen molar-refractivity contribution in [3.63, 3.8) is 0 Å². The second-order valence-electron chi connectivity index (χ2n) is 8.93. The van der Waals surface area contributed by atoms with Gasteiger partial charge in [0, 0.05) is 28.0 Å². The first kappa shape index (κ1) is 23.3.